The highest BCUT2D eigenvalue weighted by Gasteiger charge is 2.19. The van der Waals surface area contributed by atoms with Crippen LogP contribution in [-0.2, 0) is 28.6 Å². The molecule has 0 amide bonds. The van der Waals surface area contributed by atoms with Crippen molar-refractivity contribution in [3.63, 3.8) is 0 Å². The van der Waals surface area contributed by atoms with Crippen LogP contribution in [0.25, 0.3) is 0 Å². The van der Waals surface area contributed by atoms with E-state index in [-0.39, 0.29) is 31.1 Å². The molecular formula is C52H92O6. The van der Waals surface area contributed by atoms with Crippen molar-refractivity contribution >= 4 is 17.9 Å². The lowest BCUT2D eigenvalue weighted by Gasteiger charge is -2.18. The quantitative estimate of drug-likeness (QED) is 0.0264. The van der Waals surface area contributed by atoms with Crippen molar-refractivity contribution in [2.24, 2.45) is 0 Å². The number of carbonyl (C=O) groups excluding carboxylic acids is 3. The van der Waals surface area contributed by atoms with Crippen LogP contribution in [-0.4, -0.2) is 37.2 Å². The third-order valence-corrected chi connectivity index (χ3v) is 10.6. The van der Waals surface area contributed by atoms with Crippen LogP contribution in [0.1, 0.15) is 245 Å². The lowest BCUT2D eigenvalue weighted by molar-refractivity contribution is -0.167. The molecule has 0 N–H and O–H groups in total. The Hall–Kier alpha value is -2.63. The Bertz CT molecular complexity index is 1030. The van der Waals surface area contributed by atoms with E-state index >= 15 is 0 Å². The number of carbonyl (C=O) groups is 3. The minimum Gasteiger partial charge on any atom is -0.462 e. The first-order chi connectivity index (χ1) is 28.5. The van der Waals surface area contributed by atoms with E-state index in [0.717, 1.165) is 89.9 Å². The third-order valence-electron chi connectivity index (χ3n) is 10.6. The third kappa shape index (κ3) is 44.5. The van der Waals surface area contributed by atoms with E-state index < -0.39 is 6.10 Å². The lowest BCUT2D eigenvalue weighted by Crippen LogP contribution is -2.30. The predicted molar refractivity (Wildman–Crippen MR) is 247 cm³/mol. The Balaban J connectivity index is 4.38. The highest BCUT2D eigenvalue weighted by Crippen LogP contribution is 2.15. The Morgan fingerprint density at radius 2 is 0.690 bits per heavy atom. The normalized spacial score (nSPS) is 12.4. The average molecular weight is 813 g/mol. The van der Waals surface area contributed by atoms with Gasteiger partial charge in [0.25, 0.3) is 0 Å². The highest BCUT2D eigenvalue weighted by atomic mass is 16.6. The monoisotopic (exact) mass is 813 g/mol. The molecule has 0 fully saturated rings. The largest absolute Gasteiger partial charge is 0.462 e. The molecule has 0 saturated heterocycles. The van der Waals surface area contributed by atoms with E-state index in [4.69, 9.17) is 14.2 Å². The maximum Gasteiger partial charge on any atom is 0.306 e. The van der Waals surface area contributed by atoms with Gasteiger partial charge in [0.2, 0.25) is 0 Å². The van der Waals surface area contributed by atoms with Crippen molar-refractivity contribution in [3.8, 4) is 0 Å². The maximum absolute atomic E-state index is 12.7. The summed E-state index contributed by atoms with van der Waals surface area (Å²) in [6.07, 6.45) is 55.2. The molecule has 0 aliphatic rings. The molecule has 0 aromatic heterocycles. The molecule has 0 aromatic carbocycles. The first kappa shape index (κ1) is 55.4. The standard InChI is InChI=1S/C52H92O6/c1-4-7-10-13-16-19-22-24-25-26-28-30-33-36-39-42-45-51(54)57-48-49(47-56-50(53)44-41-38-35-32-29-21-18-15-12-9-6-3)58-52(55)46-43-40-37-34-31-27-23-20-17-14-11-8-5-2/h8,11,15,17-18,20,27,31,49H,4-7,9-10,12-14,16,19,21-26,28-30,32-48H2,1-3H3/b11-8-,18-15-,20-17-,31-27-. The summed E-state index contributed by atoms with van der Waals surface area (Å²) in [7, 11) is 0. The van der Waals surface area contributed by atoms with Gasteiger partial charge in [-0.15, -0.1) is 0 Å². The molecule has 0 saturated carbocycles. The predicted octanol–water partition coefficient (Wildman–Crippen LogP) is 15.9. The second-order valence-electron chi connectivity index (χ2n) is 16.3. The van der Waals surface area contributed by atoms with Gasteiger partial charge in [0.1, 0.15) is 13.2 Å². The van der Waals surface area contributed by atoms with E-state index in [1.165, 1.54) is 116 Å². The van der Waals surface area contributed by atoms with Crippen LogP contribution in [0.5, 0.6) is 0 Å². The molecule has 6 heteroatoms. The van der Waals surface area contributed by atoms with E-state index in [1.54, 1.807) is 0 Å². The fourth-order valence-corrected chi connectivity index (χ4v) is 6.85. The summed E-state index contributed by atoms with van der Waals surface area (Å²) in [4.78, 5) is 37.8. The number of hydrogen-bond acceptors (Lipinski definition) is 6. The Labute approximate surface area is 358 Å². The maximum atomic E-state index is 12.7. The minimum atomic E-state index is -0.787. The number of esters is 3. The van der Waals surface area contributed by atoms with Crippen LogP contribution < -0.4 is 0 Å². The van der Waals surface area contributed by atoms with E-state index in [1.807, 2.05) is 0 Å². The molecule has 0 spiro atoms. The number of hydrogen-bond donors (Lipinski definition) is 0. The Morgan fingerprint density at radius 1 is 0.362 bits per heavy atom. The summed E-state index contributed by atoms with van der Waals surface area (Å²) < 4.78 is 16.7. The summed E-state index contributed by atoms with van der Waals surface area (Å²) in [6, 6.07) is 0. The molecule has 0 radical (unpaired) electrons. The lowest BCUT2D eigenvalue weighted by atomic mass is 10.0. The smallest absolute Gasteiger partial charge is 0.306 e. The van der Waals surface area contributed by atoms with Crippen LogP contribution in [0.3, 0.4) is 0 Å². The van der Waals surface area contributed by atoms with Crippen LogP contribution in [0.2, 0.25) is 0 Å². The van der Waals surface area contributed by atoms with Gasteiger partial charge in [-0.2, -0.15) is 0 Å². The molecule has 1 atom stereocenters. The van der Waals surface area contributed by atoms with Gasteiger partial charge in [0.15, 0.2) is 6.10 Å². The van der Waals surface area contributed by atoms with Crippen molar-refractivity contribution in [2.45, 2.75) is 252 Å². The SMILES string of the molecule is CC/C=C\C/C=C\C/C=C\CCCCCC(=O)OC(COC(=O)CCCCCCC/C=C\CCCC)COC(=O)CCCCCCCCCCCCCCCCCC. The van der Waals surface area contributed by atoms with Gasteiger partial charge >= 0.3 is 17.9 Å². The second-order valence-corrected chi connectivity index (χ2v) is 16.3. The van der Waals surface area contributed by atoms with Crippen LogP contribution in [0, 0.1) is 0 Å². The van der Waals surface area contributed by atoms with Crippen molar-refractivity contribution in [3.05, 3.63) is 48.6 Å². The minimum absolute atomic E-state index is 0.0856. The second kappa shape index (κ2) is 47.1. The highest BCUT2D eigenvalue weighted by molar-refractivity contribution is 5.71. The van der Waals surface area contributed by atoms with Gasteiger partial charge in [0.05, 0.1) is 0 Å². The van der Waals surface area contributed by atoms with Crippen molar-refractivity contribution in [1.82, 2.24) is 0 Å². The van der Waals surface area contributed by atoms with E-state index in [0.29, 0.717) is 19.3 Å². The summed E-state index contributed by atoms with van der Waals surface area (Å²) >= 11 is 0. The molecule has 0 aromatic rings. The number of unbranched alkanes of at least 4 members (excludes halogenated alkanes) is 25. The average Bonchev–Trinajstić information content (AvgIpc) is 3.22. The number of rotatable bonds is 44. The number of ether oxygens (including phenoxy) is 3. The van der Waals surface area contributed by atoms with Crippen molar-refractivity contribution < 1.29 is 28.6 Å². The summed E-state index contributed by atoms with van der Waals surface area (Å²) in [6.45, 7) is 6.46. The van der Waals surface area contributed by atoms with E-state index in [2.05, 4.69) is 69.4 Å². The van der Waals surface area contributed by atoms with Crippen LogP contribution in [0.4, 0.5) is 0 Å². The van der Waals surface area contributed by atoms with Gasteiger partial charge in [0, 0.05) is 19.3 Å². The first-order valence-electron chi connectivity index (χ1n) is 24.6. The first-order valence-corrected chi connectivity index (χ1v) is 24.6. The molecular weight excluding hydrogens is 721 g/mol. The molecule has 0 rings (SSSR count). The Kier molecular flexibility index (Phi) is 44.9. The van der Waals surface area contributed by atoms with Gasteiger partial charge in [-0.25, -0.2) is 0 Å². The van der Waals surface area contributed by atoms with Crippen molar-refractivity contribution in [2.75, 3.05) is 13.2 Å². The molecule has 6 nitrogen and oxygen atoms in total. The fraction of sp³-hybridized carbons (Fsp3) is 0.788. The van der Waals surface area contributed by atoms with Gasteiger partial charge in [-0.1, -0.05) is 204 Å². The van der Waals surface area contributed by atoms with Gasteiger partial charge < -0.3 is 14.2 Å². The summed E-state index contributed by atoms with van der Waals surface area (Å²) in [5.74, 6) is -0.921. The van der Waals surface area contributed by atoms with Crippen LogP contribution in [0.15, 0.2) is 48.6 Å². The fourth-order valence-electron chi connectivity index (χ4n) is 6.85. The molecule has 1 unspecified atom stereocenters. The zero-order valence-electron chi connectivity index (χ0n) is 38.3. The van der Waals surface area contributed by atoms with Crippen LogP contribution >= 0.6 is 0 Å². The van der Waals surface area contributed by atoms with Crippen molar-refractivity contribution in [1.29, 1.82) is 0 Å². The topological polar surface area (TPSA) is 78.9 Å². The van der Waals surface area contributed by atoms with Gasteiger partial charge in [-0.3, -0.25) is 14.4 Å². The van der Waals surface area contributed by atoms with E-state index in [9.17, 15) is 14.4 Å². The number of allylic oxidation sites excluding steroid dienone is 8. The summed E-state index contributed by atoms with van der Waals surface area (Å²) in [5.41, 5.74) is 0. The summed E-state index contributed by atoms with van der Waals surface area (Å²) in [5, 5.41) is 0. The zero-order chi connectivity index (χ0) is 42.3. The zero-order valence-corrected chi connectivity index (χ0v) is 38.3. The molecule has 58 heavy (non-hydrogen) atoms. The molecule has 0 heterocycles. The molecule has 336 valence electrons. The Morgan fingerprint density at radius 3 is 1.14 bits per heavy atom. The molecule has 0 bridgehead atoms. The molecule has 0 aliphatic carbocycles. The van der Waals surface area contributed by atoms with Gasteiger partial charge in [-0.05, 0) is 70.6 Å². The molecule has 0 aliphatic heterocycles.